The van der Waals surface area contributed by atoms with Crippen molar-refractivity contribution in [1.82, 2.24) is 20.1 Å². The highest BCUT2D eigenvalue weighted by Crippen LogP contribution is 2.28. The van der Waals surface area contributed by atoms with Crippen LogP contribution < -0.4 is 5.32 Å². The Hall–Kier alpha value is -1.68. The van der Waals surface area contributed by atoms with Gasteiger partial charge in [-0.25, -0.2) is 0 Å². The molecule has 1 aliphatic heterocycles. The molecule has 1 aromatic heterocycles. The van der Waals surface area contributed by atoms with E-state index in [0.717, 1.165) is 30.3 Å². The van der Waals surface area contributed by atoms with Gasteiger partial charge in [0.25, 0.3) is 0 Å². The van der Waals surface area contributed by atoms with E-state index in [4.69, 9.17) is 0 Å². The monoisotopic (exact) mass is 242 g/mol. The van der Waals surface area contributed by atoms with E-state index < -0.39 is 0 Å². The number of rotatable bonds is 2. The highest BCUT2D eigenvalue weighted by atomic mass is 15.3. The van der Waals surface area contributed by atoms with Gasteiger partial charge in [-0.3, -0.25) is 4.57 Å². The minimum atomic E-state index is 0.450. The van der Waals surface area contributed by atoms with Crippen molar-refractivity contribution in [2.45, 2.75) is 32.2 Å². The van der Waals surface area contributed by atoms with Gasteiger partial charge in [0.1, 0.15) is 11.6 Å². The minimum Gasteiger partial charge on any atom is -0.314 e. The topological polar surface area (TPSA) is 42.7 Å². The molecule has 2 atom stereocenters. The smallest absolute Gasteiger partial charge is 0.142 e. The van der Waals surface area contributed by atoms with Crippen LogP contribution in [0.5, 0.6) is 0 Å². The van der Waals surface area contributed by atoms with Crippen molar-refractivity contribution in [2.75, 3.05) is 6.54 Å². The van der Waals surface area contributed by atoms with Gasteiger partial charge in [-0.2, -0.15) is 0 Å². The first kappa shape index (κ1) is 11.4. The Balaban J connectivity index is 2.07. The molecule has 4 heteroatoms. The van der Waals surface area contributed by atoms with Gasteiger partial charge in [-0.05, 0) is 38.9 Å². The lowest BCUT2D eigenvalue weighted by molar-refractivity contribution is 0.559. The lowest BCUT2D eigenvalue weighted by Gasteiger charge is -2.16. The van der Waals surface area contributed by atoms with Crippen molar-refractivity contribution in [3.63, 3.8) is 0 Å². The number of hydrogen-bond donors (Lipinski definition) is 1. The quantitative estimate of drug-likeness (QED) is 0.876. The molecular formula is C14H18N4. The molecule has 4 nitrogen and oxygen atoms in total. The van der Waals surface area contributed by atoms with Crippen molar-refractivity contribution >= 4 is 0 Å². The second-order valence-corrected chi connectivity index (χ2v) is 4.91. The number of nitrogens with one attached hydrogen (secondary N) is 1. The second kappa shape index (κ2) is 4.53. The first-order chi connectivity index (χ1) is 8.77. The van der Waals surface area contributed by atoms with Crippen molar-refractivity contribution < 1.29 is 0 Å². The Morgan fingerprint density at radius 2 is 2.00 bits per heavy atom. The van der Waals surface area contributed by atoms with Gasteiger partial charge in [0, 0.05) is 17.6 Å². The third-order valence-corrected chi connectivity index (χ3v) is 3.72. The van der Waals surface area contributed by atoms with Crippen LogP contribution in [0, 0.1) is 6.92 Å². The van der Waals surface area contributed by atoms with Crippen molar-refractivity contribution in [2.24, 2.45) is 0 Å². The van der Waals surface area contributed by atoms with Crippen LogP contribution in [0.15, 0.2) is 30.3 Å². The van der Waals surface area contributed by atoms with Crippen LogP contribution in [0.1, 0.15) is 30.9 Å². The van der Waals surface area contributed by atoms with Crippen LogP contribution in [0.4, 0.5) is 0 Å². The third-order valence-electron chi connectivity index (χ3n) is 3.72. The Morgan fingerprint density at radius 3 is 2.67 bits per heavy atom. The van der Waals surface area contributed by atoms with E-state index in [2.05, 4.69) is 51.3 Å². The maximum absolute atomic E-state index is 4.40. The molecule has 0 amide bonds. The number of para-hydroxylation sites is 1. The summed E-state index contributed by atoms with van der Waals surface area (Å²) in [7, 11) is 0. The molecule has 0 aliphatic carbocycles. The Morgan fingerprint density at radius 1 is 1.22 bits per heavy atom. The Kier molecular flexibility index (Phi) is 2.88. The molecule has 18 heavy (non-hydrogen) atoms. The summed E-state index contributed by atoms with van der Waals surface area (Å²) in [5.74, 6) is 2.48. The predicted molar refractivity (Wildman–Crippen MR) is 70.9 cm³/mol. The summed E-state index contributed by atoms with van der Waals surface area (Å²) in [6, 6.07) is 10.8. The molecule has 1 aromatic carbocycles. The SMILES string of the molecule is Cc1nnc(C2CCNC2C)n1-c1ccccc1. The number of aromatic nitrogens is 3. The molecule has 0 saturated carbocycles. The summed E-state index contributed by atoms with van der Waals surface area (Å²) in [4.78, 5) is 0. The molecular weight excluding hydrogens is 224 g/mol. The van der Waals surface area contributed by atoms with E-state index >= 15 is 0 Å². The zero-order valence-corrected chi connectivity index (χ0v) is 10.8. The Labute approximate surface area is 107 Å². The summed E-state index contributed by atoms with van der Waals surface area (Å²) < 4.78 is 2.17. The highest BCUT2D eigenvalue weighted by Gasteiger charge is 2.29. The second-order valence-electron chi connectivity index (χ2n) is 4.91. The van der Waals surface area contributed by atoms with Gasteiger partial charge >= 0.3 is 0 Å². The lowest BCUT2D eigenvalue weighted by Crippen LogP contribution is -2.23. The first-order valence-electron chi connectivity index (χ1n) is 6.48. The molecule has 2 heterocycles. The molecule has 1 fully saturated rings. The average molecular weight is 242 g/mol. The minimum absolute atomic E-state index is 0.450. The summed E-state index contributed by atoms with van der Waals surface area (Å²) >= 11 is 0. The third kappa shape index (κ3) is 1.82. The van der Waals surface area contributed by atoms with Crippen LogP contribution in [0.3, 0.4) is 0 Å². The molecule has 0 radical (unpaired) electrons. The number of nitrogens with zero attached hydrogens (tertiary/aromatic N) is 3. The molecule has 0 bridgehead atoms. The molecule has 1 aliphatic rings. The van der Waals surface area contributed by atoms with Crippen molar-refractivity contribution in [1.29, 1.82) is 0 Å². The normalized spacial score (nSPS) is 23.4. The molecule has 2 unspecified atom stereocenters. The Bertz CT molecular complexity index is 532. The van der Waals surface area contributed by atoms with Crippen LogP contribution >= 0.6 is 0 Å². The predicted octanol–water partition coefficient (Wildman–Crippen LogP) is 2.04. The fourth-order valence-electron chi connectivity index (χ4n) is 2.73. The van der Waals surface area contributed by atoms with E-state index in [1.54, 1.807) is 0 Å². The van der Waals surface area contributed by atoms with Gasteiger partial charge in [0.2, 0.25) is 0 Å². The fraction of sp³-hybridized carbons (Fsp3) is 0.429. The van der Waals surface area contributed by atoms with E-state index in [1.165, 1.54) is 0 Å². The number of benzene rings is 1. The van der Waals surface area contributed by atoms with Gasteiger partial charge in [-0.1, -0.05) is 18.2 Å². The summed E-state index contributed by atoms with van der Waals surface area (Å²) in [6.07, 6.45) is 1.13. The maximum Gasteiger partial charge on any atom is 0.142 e. The van der Waals surface area contributed by atoms with Crippen LogP contribution in [-0.2, 0) is 0 Å². The fourth-order valence-corrected chi connectivity index (χ4v) is 2.73. The standard InChI is InChI=1S/C14H18N4/c1-10-13(8-9-15-10)14-17-16-11(2)18(14)12-6-4-3-5-7-12/h3-7,10,13,15H,8-9H2,1-2H3. The summed E-state index contributed by atoms with van der Waals surface area (Å²) in [5.41, 5.74) is 1.15. The largest absolute Gasteiger partial charge is 0.314 e. The molecule has 1 N–H and O–H groups in total. The van der Waals surface area contributed by atoms with E-state index in [1.807, 2.05) is 13.0 Å². The average Bonchev–Trinajstić information content (AvgIpc) is 2.96. The first-order valence-corrected chi connectivity index (χ1v) is 6.48. The lowest BCUT2D eigenvalue weighted by atomic mass is 10.0. The number of aryl methyl sites for hydroxylation is 1. The highest BCUT2D eigenvalue weighted by molar-refractivity contribution is 5.34. The molecule has 94 valence electrons. The van der Waals surface area contributed by atoms with E-state index in [-0.39, 0.29) is 0 Å². The van der Waals surface area contributed by atoms with Gasteiger partial charge in [-0.15, -0.1) is 10.2 Å². The number of hydrogen-bond acceptors (Lipinski definition) is 3. The van der Waals surface area contributed by atoms with Crippen molar-refractivity contribution in [3.05, 3.63) is 42.0 Å². The molecule has 0 spiro atoms. The van der Waals surface area contributed by atoms with Crippen LogP contribution in [-0.4, -0.2) is 27.4 Å². The summed E-state index contributed by atoms with van der Waals surface area (Å²) in [6.45, 7) is 5.29. The molecule has 1 saturated heterocycles. The van der Waals surface area contributed by atoms with Gasteiger partial charge in [0.05, 0.1) is 0 Å². The van der Waals surface area contributed by atoms with Gasteiger partial charge in [0.15, 0.2) is 0 Å². The van der Waals surface area contributed by atoms with E-state index in [0.29, 0.717) is 12.0 Å². The zero-order chi connectivity index (χ0) is 12.5. The van der Waals surface area contributed by atoms with Gasteiger partial charge < -0.3 is 5.32 Å². The molecule has 2 aromatic rings. The summed E-state index contributed by atoms with van der Waals surface area (Å²) in [5, 5.41) is 12.1. The maximum atomic E-state index is 4.40. The molecule has 3 rings (SSSR count). The van der Waals surface area contributed by atoms with Crippen molar-refractivity contribution in [3.8, 4) is 5.69 Å². The van der Waals surface area contributed by atoms with Crippen LogP contribution in [0.2, 0.25) is 0 Å². The zero-order valence-electron chi connectivity index (χ0n) is 10.8. The van der Waals surface area contributed by atoms with Crippen LogP contribution in [0.25, 0.3) is 5.69 Å². The van der Waals surface area contributed by atoms with E-state index in [9.17, 15) is 0 Å².